The van der Waals surface area contributed by atoms with E-state index in [0.717, 1.165) is 35.2 Å². The quantitative estimate of drug-likeness (QED) is 0.659. The minimum absolute atomic E-state index is 0.180. The fraction of sp³-hybridized carbons (Fsp3) is 0.647. The Hall–Kier alpha value is -0.740. The second-order valence-electron chi connectivity index (χ2n) is 5.87. The van der Waals surface area contributed by atoms with Crippen LogP contribution in [0.15, 0.2) is 16.6 Å². The Bertz CT molecular complexity index is 435. The third-order valence-corrected chi connectivity index (χ3v) is 4.07. The van der Waals surface area contributed by atoms with Crippen LogP contribution in [0.5, 0.6) is 11.5 Å². The van der Waals surface area contributed by atoms with Gasteiger partial charge in [0.1, 0.15) is 0 Å². The van der Waals surface area contributed by atoms with Crippen LogP contribution in [0.4, 0.5) is 0 Å². The predicted octanol–water partition coefficient (Wildman–Crippen LogP) is 4.55. The van der Waals surface area contributed by atoms with Crippen LogP contribution < -0.4 is 15.2 Å². The third-order valence-electron chi connectivity index (χ3n) is 3.48. The van der Waals surface area contributed by atoms with Crippen molar-refractivity contribution >= 4 is 15.9 Å². The topological polar surface area (TPSA) is 44.5 Å². The molecule has 0 aromatic heterocycles. The first-order valence-corrected chi connectivity index (χ1v) is 8.52. The molecule has 3 nitrogen and oxygen atoms in total. The van der Waals surface area contributed by atoms with E-state index in [2.05, 4.69) is 42.8 Å². The minimum atomic E-state index is 0.180. The highest BCUT2D eigenvalue weighted by atomic mass is 79.9. The van der Waals surface area contributed by atoms with Gasteiger partial charge in [-0.15, -0.1) is 0 Å². The van der Waals surface area contributed by atoms with Crippen molar-refractivity contribution in [2.45, 2.75) is 52.5 Å². The standard InChI is InChI=1S/C17H28BrNO2/c1-5-14(19)9-13-10-15(18)17(16(11-13)20-4)21-8-6-7-12(2)3/h10-12,14H,5-9,19H2,1-4H3. The highest BCUT2D eigenvalue weighted by Gasteiger charge is 2.13. The number of benzene rings is 1. The first-order valence-electron chi connectivity index (χ1n) is 7.72. The van der Waals surface area contributed by atoms with E-state index in [9.17, 15) is 0 Å². The van der Waals surface area contributed by atoms with Crippen LogP contribution in [0, 0.1) is 5.92 Å². The molecular weight excluding hydrogens is 330 g/mol. The van der Waals surface area contributed by atoms with E-state index in [1.54, 1.807) is 7.11 Å². The van der Waals surface area contributed by atoms with E-state index < -0.39 is 0 Å². The molecule has 1 rings (SSSR count). The molecular formula is C17H28BrNO2. The van der Waals surface area contributed by atoms with Crippen molar-refractivity contribution in [1.29, 1.82) is 0 Å². The fourth-order valence-corrected chi connectivity index (χ4v) is 2.75. The van der Waals surface area contributed by atoms with Crippen molar-refractivity contribution in [3.05, 3.63) is 22.2 Å². The molecule has 0 saturated carbocycles. The Kier molecular flexibility index (Phi) is 8.12. The van der Waals surface area contributed by atoms with Crippen molar-refractivity contribution < 1.29 is 9.47 Å². The Morgan fingerprint density at radius 1 is 1.29 bits per heavy atom. The summed E-state index contributed by atoms with van der Waals surface area (Å²) < 4.78 is 12.3. The first kappa shape index (κ1) is 18.3. The van der Waals surface area contributed by atoms with Gasteiger partial charge in [-0.3, -0.25) is 0 Å². The molecule has 0 amide bonds. The molecule has 120 valence electrons. The lowest BCUT2D eigenvalue weighted by Crippen LogP contribution is -2.21. The van der Waals surface area contributed by atoms with Crippen LogP contribution in [-0.4, -0.2) is 19.8 Å². The molecule has 1 atom stereocenters. The van der Waals surface area contributed by atoms with Crippen LogP contribution in [-0.2, 0) is 6.42 Å². The Morgan fingerprint density at radius 2 is 2.00 bits per heavy atom. The molecule has 4 heteroatoms. The molecule has 1 aromatic carbocycles. The number of ether oxygens (including phenoxy) is 2. The average Bonchev–Trinajstić information content (AvgIpc) is 2.44. The van der Waals surface area contributed by atoms with Gasteiger partial charge >= 0.3 is 0 Å². The molecule has 1 aromatic rings. The smallest absolute Gasteiger partial charge is 0.175 e. The van der Waals surface area contributed by atoms with Crippen molar-refractivity contribution in [2.24, 2.45) is 11.7 Å². The zero-order valence-electron chi connectivity index (χ0n) is 13.6. The van der Waals surface area contributed by atoms with Gasteiger partial charge in [-0.2, -0.15) is 0 Å². The van der Waals surface area contributed by atoms with Crippen LogP contribution >= 0.6 is 15.9 Å². The summed E-state index contributed by atoms with van der Waals surface area (Å²) in [5.41, 5.74) is 7.19. The van der Waals surface area contributed by atoms with E-state index in [-0.39, 0.29) is 6.04 Å². The second-order valence-corrected chi connectivity index (χ2v) is 6.72. The zero-order chi connectivity index (χ0) is 15.8. The molecule has 1 unspecified atom stereocenters. The minimum Gasteiger partial charge on any atom is -0.493 e. The lowest BCUT2D eigenvalue weighted by Gasteiger charge is -2.16. The van der Waals surface area contributed by atoms with Gasteiger partial charge in [-0.25, -0.2) is 0 Å². The molecule has 0 heterocycles. The van der Waals surface area contributed by atoms with Crippen molar-refractivity contribution in [2.75, 3.05) is 13.7 Å². The van der Waals surface area contributed by atoms with E-state index in [1.807, 2.05) is 6.07 Å². The van der Waals surface area contributed by atoms with E-state index in [0.29, 0.717) is 12.5 Å². The highest BCUT2D eigenvalue weighted by Crippen LogP contribution is 2.37. The van der Waals surface area contributed by atoms with Crippen molar-refractivity contribution in [3.8, 4) is 11.5 Å². The summed E-state index contributed by atoms with van der Waals surface area (Å²) in [6, 6.07) is 4.29. The summed E-state index contributed by atoms with van der Waals surface area (Å²) in [6.07, 6.45) is 4.03. The summed E-state index contributed by atoms with van der Waals surface area (Å²) in [4.78, 5) is 0. The van der Waals surface area contributed by atoms with E-state index in [1.165, 1.54) is 12.0 Å². The molecule has 21 heavy (non-hydrogen) atoms. The van der Waals surface area contributed by atoms with Gasteiger partial charge in [0.25, 0.3) is 0 Å². The van der Waals surface area contributed by atoms with Gasteiger partial charge in [-0.05, 0) is 65.2 Å². The van der Waals surface area contributed by atoms with Crippen LogP contribution in [0.1, 0.15) is 45.6 Å². The molecule has 0 spiro atoms. The van der Waals surface area contributed by atoms with Gasteiger partial charge in [-0.1, -0.05) is 20.8 Å². The van der Waals surface area contributed by atoms with Gasteiger partial charge in [0, 0.05) is 6.04 Å². The molecule has 0 bridgehead atoms. The van der Waals surface area contributed by atoms with Crippen LogP contribution in [0.2, 0.25) is 0 Å². The molecule has 0 radical (unpaired) electrons. The maximum Gasteiger partial charge on any atom is 0.175 e. The fourth-order valence-electron chi connectivity index (χ4n) is 2.14. The molecule has 0 aliphatic carbocycles. The molecule has 0 aliphatic rings. The maximum atomic E-state index is 6.02. The monoisotopic (exact) mass is 357 g/mol. The van der Waals surface area contributed by atoms with Gasteiger partial charge in [0.05, 0.1) is 18.2 Å². The normalized spacial score (nSPS) is 12.5. The van der Waals surface area contributed by atoms with Crippen molar-refractivity contribution in [3.63, 3.8) is 0 Å². The highest BCUT2D eigenvalue weighted by molar-refractivity contribution is 9.10. The SMILES string of the molecule is CCC(N)Cc1cc(Br)c(OCCCC(C)C)c(OC)c1. The average molecular weight is 358 g/mol. The van der Waals surface area contributed by atoms with Crippen LogP contribution in [0.3, 0.4) is 0 Å². The summed E-state index contributed by atoms with van der Waals surface area (Å²) in [6.45, 7) is 7.26. The molecule has 0 saturated heterocycles. The second kappa shape index (κ2) is 9.31. The Morgan fingerprint density at radius 3 is 2.57 bits per heavy atom. The molecule has 2 N–H and O–H groups in total. The van der Waals surface area contributed by atoms with Gasteiger partial charge in [0.15, 0.2) is 11.5 Å². The number of nitrogens with two attached hydrogens (primary N) is 1. The Labute approximate surface area is 137 Å². The number of halogens is 1. The number of methoxy groups -OCH3 is 1. The summed E-state index contributed by atoms with van der Waals surface area (Å²) >= 11 is 3.59. The van der Waals surface area contributed by atoms with E-state index >= 15 is 0 Å². The Balaban J connectivity index is 2.75. The number of hydrogen-bond donors (Lipinski definition) is 1. The zero-order valence-corrected chi connectivity index (χ0v) is 15.2. The summed E-state index contributed by atoms with van der Waals surface area (Å²) in [5, 5.41) is 0. The van der Waals surface area contributed by atoms with Gasteiger partial charge in [0.2, 0.25) is 0 Å². The van der Waals surface area contributed by atoms with Crippen LogP contribution in [0.25, 0.3) is 0 Å². The van der Waals surface area contributed by atoms with Gasteiger partial charge < -0.3 is 15.2 Å². The molecule has 0 aliphatic heterocycles. The van der Waals surface area contributed by atoms with E-state index in [4.69, 9.17) is 15.2 Å². The largest absolute Gasteiger partial charge is 0.493 e. The lowest BCUT2D eigenvalue weighted by atomic mass is 10.0. The maximum absolute atomic E-state index is 6.02. The predicted molar refractivity (Wildman–Crippen MR) is 92.2 cm³/mol. The first-order chi connectivity index (χ1) is 9.97. The third kappa shape index (κ3) is 6.27. The lowest BCUT2D eigenvalue weighted by molar-refractivity contribution is 0.278. The van der Waals surface area contributed by atoms with Crippen molar-refractivity contribution in [1.82, 2.24) is 0 Å². The summed E-state index contributed by atoms with van der Waals surface area (Å²) in [5.74, 6) is 2.26. The molecule has 0 fully saturated rings. The number of rotatable bonds is 9. The number of hydrogen-bond acceptors (Lipinski definition) is 3. The summed E-state index contributed by atoms with van der Waals surface area (Å²) in [7, 11) is 1.67.